The molecule has 3 nitrogen and oxygen atoms in total. The number of carbonyl (C=O) groups is 1. The maximum absolute atomic E-state index is 12.6. The zero-order valence-electron chi connectivity index (χ0n) is 13.5. The lowest BCUT2D eigenvalue weighted by Crippen LogP contribution is -2.21. The Morgan fingerprint density at radius 2 is 1.88 bits per heavy atom. The van der Waals surface area contributed by atoms with Crippen LogP contribution in [0.3, 0.4) is 0 Å². The first-order chi connectivity index (χ1) is 11.7. The maximum Gasteiger partial charge on any atom is 0.228 e. The van der Waals surface area contributed by atoms with Crippen molar-refractivity contribution in [3.63, 3.8) is 0 Å². The Hall–Kier alpha value is -2.00. The van der Waals surface area contributed by atoms with E-state index >= 15 is 0 Å². The number of rotatable bonds is 4. The van der Waals surface area contributed by atoms with E-state index in [0.29, 0.717) is 5.92 Å². The van der Waals surface area contributed by atoms with Gasteiger partial charge in [-0.1, -0.05) is 35.9 Å². The van der Waals surface area contributed by atoms with Gasteiger partial charge in [-0.15, -0.1) is 0 Å². The van der Waals surface area contributed by atoms with Crippen LogP contribution >= 0.6 is 11.6 Å². The van der Waals surface area contributed by atoms with Gasteiger partial charge in [0.15, 0.2) is 0 Å². The Labute approximate surface area is 147 Å². The molecule has 1 N–H and O–H groups in total. The first kappa shape index (κ1) is 15.5. The highest BCUT2D eigenvalue weighted by Gasteiger charge is 2.44. The number of para-hydroxylation sites is 2. The second-order valence-electron chi connectivity index (χ2n) is 6.70. The number of amides is 1. The summed E-state index contributed by atoms with van der Waals surface area (Å²) in [6.45, 7) is 2.14. The molecular weight excluding hydrogens is 320 g/mol. The summed E-state index contributed by atoms with van der Waals surface area (Å²) in [4.78, 5) is 15.0. The van der Waals surface area contributed by atoms with E-state index in [1.54, 1.807) is 0 Å². The van der Waals surface area contributed by atoms with Crippen molar-refractivity contribution in [1.29, 1.82) is 0 Å². The molecule has 1 saturated carbocycles. The average molecular weight is 341 g/mol. The van der Waals surface area contributed by atoms with E-state index < -0.39 is 0 Å². The van der Waals surface area contributed by atoms with Gasteiger partial charge in [-0.25, -0.2) is 0 Å². The molecule has 24 heavy (non-hydrogen) atoms. The SMILES string of the molecule is O=C(Nc1ccccc1N1CCCC1)[C@@H]1C[C@H]1c1cccc(Cl)c1. The molecule has 2 aromatic rings. The lowest BCUT2D eigenvalue weighted by atomic mass is 10.1. The zero-order valence-corrected chi connectivity index (χ0v) is 14.3. The number of hydrogen-bond donors (Lipinski definition) is 1. The molecule has 1 aliphatic carbocycles. The second kappa shape index (κ2) is 6.48. The fourth-order valence-electron chi connectivity index (χ4n) is 3.63. The third-order valence-corrected chi connectivity index (χ3v) is 5.25. The second-order valence-corrected chi connectivity index (χ2v) is 7.14. The Kier molecular flexibility index (Phi) is 4.19. The molecule has 0 aromatic heterocycles. The molecule has 1 aliphatic heterocycles. The van der Waals surface area contributed by atoms with Crippen LogP contribution in [0.15, 0.2) is 48.5 Å². The highest BCUT2D eigenvalue weighted by molar-refractivity contribution is 6.30. The topological polar surface area (TPSA) is 32.3 Å². The Bertz CT molecular complexity index is 755. The van der Waals surface area contributed by atoms with Crippen LogP contribution in [0, 0.1) is 5.92 Å². The average Bonchev–Trinajstić information content (AvgIpc) is 3.22. The van der Waals surface area contributed by atoms with E-state index in [1.807, 2.05) is 36.4 Å². The van der Waals surface area contributed by atoms with Gasteiger partial charge in [-0.05, 0) is 55.0 Å². The monoisotopic (exact) mass is 340 g/mol. The number of nitrogens with one attached hydrogen (secondary N) is 1. The normalized spacial score (nSPS) is 22.5. The van der Waals surface area contributed by atoms with E-state index in [2.05, 4.69) is 22.3 Å². The minimum Gasteiger partial charge on any atom is -0.370 e. The third-order valence-electron chi connectivity index (χ3n) is 5.01. The summed E-state index contributed by atoms with van der Waals surface area (Å²) < 4.78 is 0. The number of halogens is 1. The first-order valence-electron chi connectivity index (χ1n) is 8.63. The summed E-state index contributed by atoms with van der Waals surface area (Å²) in [6.07, 6.45) is 3.35. The highest BCUT2D eigenvalue weighted by atomic mass is 35.5. The van der Waals surface area contributed by atoms with Crippen molar-refractivity contribution in [3.8, 4) is 0 Å². The molecule has 0 bridgehead atoms. The number of hydrogen-bond acceptors (Lipinski definition) is 2. The molecule has 2 fully saturated rings. The molecule has 0 unspecified atom stereocenters. The Balaban J connectivity index is 1.46. The summed E-state index contributed by atoms with van der Waals surface area (Å²) in [5.41, 5.74) is 3.24. The molecule has 1 saturated heterocycles. The minimum atomic E-state index is 0.0510. The number of anilines is 2. The van der Waals surface area contributed by atoms with Crippen molar-refractivity contribution in [1.82, 2.24) is 0 Å². The van der Waals surface area contributed by atoms with Crippen molar-refractivity contribution < 1.29 is 4.79 Å². The predicted molar refractivity (Wildman–Crippen MR) is 98.8 cm³/mol. The van der Waals surface area contributed by atoms with E-state index in [9.17, 15) is 4.79 Å². The summed E-state index contributed by atoms with van der Waals surface area (Å²) in [7, 11) is 0. The summed E-state index contributed by atoms with van der Waals surface area (Å²) in [5.74, 6) is 0.462. The lowest BCUT2D eigenvalue weighted by Gasteiger charge is -2.21. The van der Waals surface area contributed by atoms with Gasteiger partial charge in [0.2, 0.25) is 5.91 Å². The molecule has 4 heteroatoms. The largest absolute Gasteiger partial charge is 0.370 e. The molecule has 0 radical (unpaired) electrons. The summed E-state index contributed by atoms with van der Waals surface area (Å²) in [6, 6.07) is 16.0. The zero-order chi connectivity index (χ0) is 16.5. The van der Waals surface area contributed by atoms with Crippen LogP contribution in [0.5, 0.6) is 0 Å². The minimum absolute atomic E-state index is 0.0510. The van der Waals surface area contributed by atoms with Crippen LogP contribution in [0.4, 0.5) is 11.4 Å². The van der Waals surface area contributed by atoms with Crippen molar-refractivity contribution in [2.45, 2.75) is 25.2 Å². The van der Waals surface area contributed by atoms with E-state index in [4.69, 9.17) is 11.6 Å². The molecule has 2 aromatic carbocycles. The molecule has 0 spiro atoms. The van der Waals surface area contributed by atoms with E-state index in [0.717, 1.165) is 41.5 Å². The van der Waals surface area contributed by atoms with Gasteiger partial charge < -0.3 is 10.2 Å². The van der Waals surface area contributed by atoms with E-state index in [1.165, 1.54) is 12.8 Å². The fraction of sp³-hybridized carbons (Fsp3) is 0.350. The van der Waals surface area contributed by atoms with Crippen LogP contribution in [0.1, 0.15) is 30.7 Å². The van der Waals surface area contributed by atoms with Gasteiger partial charge in [0.05, 0.1) is 11.4 Å². The number of carbonyl (C=O) groups excluding carboxylic acids is 1. The van der Waals surface area contributed by atoms with Crippen molar-refractivity contribution in [3.05, 3.63) is 59.1 Å². The standard InChI is InChI=1S/C20H21ClN2O/c21-15-7-5-6-14(12-15)16-13-17(16)20(24)22-18-8-1-2-9-19(18)23-10-3-4-11-23/h1-2,5-9,12,16-17H,3-4,10-11,13H2,(H,22,24)/t16-,17+/m0/s1. The van der Waals surface area contributed by atoms with Gasteiger partial charge in [-0.3, -0.25) is 4.79 Å². The molecule has 124 valence electrons. The number of benzene rings is 2. The van der Waals surface area contributed by atoms with Crippen molar-refractivity contribution in [2.75, 3.05) is 23.3 Å². The molecule has 1 amide bonds. The fourth-order valence-corrected chi connectivity index (χ4v) is 3.83. The van der Waals surface area contributed by atoms with Crippen LogP contribution in [0.25, 0.3) is 0 Å². The molecule has 2 aliphatic rings. The van der Waals surface area contributed by atoms with E-state index in [-0.39, 0.29) is 11.8 Å². The van der Waals surface area contributed by atoms with Gasteiger partial charge >= 0.3 is 0 Å². The Morgan fingerprint density at radius 1 is 1.08 bits per heavy atom. The molecular formula is C20H21ClN2O. The van der Waals surface area contributed by atoms with Crippen LogP contribution < -0.4 is 10.2 Å². The molecule has 2 atom stereocenters. The third kappa shape index (κ3) is 3.13. The maximum atomic E-state index is 12.6. The van der Waals surface area contributed by atoms with Gasteiger partial charge in [0.25, 0.3) is 0 Å². The van der Waals surface area contributed by atoms with Crippen LogP contribution in [-0.2, 0) is 4.79 Å². The lowest BCUT2D eigenvalue weighted by molar-refractivity contribution is -0.117. The molecule has 4 rings (SSSR count). The van der Waals surface area contributed by atoms with Crippen LogP contribution in [0.2, 0.25) is 5.02 Å². The van der Waals surface area contributed by atoms with Gasteiger partial charge in [0, 0.05) is 24.0 Å². The smallest absolute Gasteiger partial charge is 0.228 e. The predicted octanol–water partition coefficient (Wildman–Crippen LogP) is 4.68. The van der Waals surface area contributed by atoms with Crippen molar-refractivity contribution >= 4 is 28.9 Å². The quantitative estimate of drug-likeness (QED) is 0.876. The number of nitrogens with zero attached hydrogens (tertiary/aromatic N) is 1. The summed E-state index contributed by atoms with van der Waals surface area (Å²) >= 11 is 6.06. The van der Waals surface area contributed by atoms with Gasteiger partial charge in [-0.2, -0.15) is 0 Å². The molecule has 1 heterocycles. The summed E-state index contributed by atoms with van der Waals surface area (Å²) in [5, 5.41) is 3.88. The van der Waals surface area contributed by atoms with Gasteiger partial charge in [0.1, 0.15) is 0 Å². The van der Waals surface area contributed by atoms with Crippen LogP contribution in [-0.4, -0.2) is 19.0 Å². The first-order valence-corrected chi connectivity index (χ1v) is 9.00. The van der Waals surface area contributed by atoms with Crippen molar-refractivity contribution in [2.24, 2.45) is 5.92 Å². The highest BCUT2D eigenvalue weighted by Crippen LogP contribution is 2.48. The Morgan fingerprint density at radius 3 is 2.67 bits per heavy atom.